The highest BCUT2D eigenvalue weighted by Crippen LogP contribution is 2.27. The van der Waals surface area contributed by atoms with E-state index in [1.807, 2.05) is 6.92 Å². The van der Waals surface area contributed by atoms with Crippen molar-refractivity contribution in [2.75, 3.05) is 26.4 Å². The Morgan fingerprint density at radius 3 is 1.32 bits per heavy atom. The van der Waals surface area contributed by atoms with Crippen molar-refractivity contribution in [2.45, 2.75) is 180 Å². The summed E-state index contributed by atoms with van der Waals surface area (Å²) in [5, 5.41) is 20.6. The van der Waals surface area contributed by atoms with Gasteiger partial charge in [0.25, 0.3) is 0 Å². The molecule has 5 atom stereocenters. The van der Waals surface area contributed by atoms with Crippen molar-refractivity contribution >= 4 is 0 Å². The predicted octanol–water partition coefficient (Wildman–Crippen LogP) is 7.71. The SMILES string of the molecule is CCCCCCCCCCCCO[C@H]1[C@H](OCC)O[C@H](CO)[C@@H](O)[C@@H]1OCCCCCCCCCCCC. The number of hydrogen-bond acceptors (Lipinski definition) is 6. The number of hydrogen-bond donors (Lipinski definition) is 2. The second-order valence-corrected chi connectivity index (χ2v) is 11.2. The molecule has 0 amide bonds. The largest absolute Gasteiger partial charge is 0.394 e. The lowest BCUT2D eigenvalue weighted by Gasteiger charge is -2.43. The third kappa shape index (κ3) is 16.8. The van der Waals surface area contributed by atoms with Crippen LogP contribution in [0.1, 0.15) is 149 Å². The zero-order valence-electron chi connectivity index (χ0n) is 25.4. The monoisotopic (exact) mass is 544 g/mol. The van der Waals surface area contributed by atoms with Crippen LogP contribution in [0.25, 0.3) is 0 Å². The van der Waals surface area contributed by atoms with Gasteiger partial charge in [-0.3, -0.25) is 0 Å². The minimum Gasteiger partial charge on any atom is -0.394 e. The average Bonchev–Trinajstić information content (AvgIpc) is 2.92. The minimum atomic E-state index is -0.933. The van der Waals surface area contributed by atoms with Crippen LogP contribution in [-0.4, -0.2) is 67.3 Å². The lowest BCUT2D eigenvalue weighted by Crippen LogP contribution is -2.61. The molecule has 6 nitrogen and oxygen atoms in total. The van der Waals surface area contributed by atoms with Crippen molar-refractivity contribution in [3.8, 4) is 0 Å². The summed E-state index contributed by atoms with van der Waals surface area (Å²) < 4.78 is 24.1. The molecule has 1 aliphatic rings. The van der Waals surface area contributed by atoms with Crippen LogP contribution in [0.5, 0.6) is 0 Å². The van der Waals surface area contributed by atoms with Crippen molar-refractivity contribution in [3.05, 3.63) is 0 Å². The van der Waals surface area contributed by atoms with Crippen molar-refractivity contribution in [1.82, 2.24) is 0 Å². The molecule has 0 saturated carbocycles. The predicted molar refractivity (Wildman–Crippen MR) is 157 cm³/mol. The molecule has 0 aromatic carbocycles. The molecular formula is C32H64O6. The van der Waals surface area contributed by atoms with Crippen molar-refractivity contribution < 1.29 is 29.2 Å². The molecule has 0 aliphatic carbocycles. The molecule has 228 valence electrons. The maximum atomic E-state index is 10.9. The van der Waals surface area contributed by atoms with Gasteiger partial charge in [-0.25, -0.2) is 0 Å². The molecule has 2 N–H and O–H groups in total. The number of unbranched alkanes of at least 4 members (excludes halogenated alkanes) is 18. The van der Waals surface area contributed by atoms with E-state index >= 15 is 0 Å². The van der Waals surface area contributed by atoms with Gasteiger partial charge in [0.1, 0.15) is 24.4 Å². The molecule has 0 bridgehead atoms. The van der Waals surface area contributed by atoms with E-state index in [9.17, 15) is 10.2 Å². The number of ether oxygens (including phenoxy) is 4. The fourth-order valence-corrected chi connectivity index (χ4v) is 5.33. The van der Waals surface area contributed by atoms with Crippen LogP contribution >= 0.6 is 0 Å². The Balaban J connectivity index is 2.34. The van der Waals surface area contributed by atoms with Crippen LogP contribution in [0.15, 0.2) is 0 Å². The fourth-order valence-electron chi connectivity index (χ4n) is 5.33. The lowest BCUT2D eigenvalue weighted by atomic mass is 9.98. The van der Waals surface area contributed by atoms with Crippen LogP contribution in [0.3, 0.4) is 0 Å². The van der Waals surface area contributed by atoms with Gasteiger partial charge in [0.2, 0.25) is 0 Å². The van der Waals surface area contributed by atoms with Gasteiger partial charge in [0.15, 0.2) is 6.29 Å². The standard InChI is InChI=1S/C32H64O6/c1-4-7-9-11-13-15-17-19-21-23-25-36-30-29(34)28(27-33)38-32(35-6-3)31(30)37-26-24-22-20-18-16-14-12-10-8-5-2/h28-34H,4-27H2,1-3H3/t28-,29-,30+,31-,32-/m1/s1. The Labute approximate surface area is 235 Å². The summed E-state index contributed by atoms with van der Waals surface area (Å²) in [6.45, 7) is 7.82. The Morgan fingerprint density at radius 1 is 0.526 bits per heavy atom. The van der Waals surface area contributed by atoms with E-state index < -0.39 is 30.7 Å². The summed E-state index contributed by atoms with van der Waals surface area (Å²) in [6, 6.07) is 0. The van der Waals surface area contributed by atoms with Gasteiger partial charge in [-0.2, -0.15) is 0 Å². The van der Waals surface area contributed by atoms with Crippen molar-refractivity contribution in [1.29, 1.82) is 0 Å². The molecule has 1 heterocycles. The zero-order valence-corrected chi connectivity index (χ0v) is 25.4. The number of aliphatic hydroxyl groups excluding tert-OH is 2. The summed E-state index contributed by atoms with van der Waals surface area (Å²) in [6.07, 6.45) is 22.1. The first kappa shape index (κ1) is 35.8. The van der Waals surface area contributed by atoms with E-state index in [1.54, 1.807) is 0 Å². The van der Waals surface area contributed by atoms with Crippen LogP contribution in [0.2, 0.25) is 0 Å². The smallest absolute Gasteiger partial charge is 0.186 e. The third-order valence-corrected chi connectivity index (χ3v) is 7.75. The summed E-state index contributed by atoms with van der Waals surface area (Å²) >= 11 is 0. The van der Waals surface area contributed by atoms with E-state index in [-0.39, 0.29) is 6.61 Å². The first-order valence-electron chi connectivity index (χ1n) is 16.5. The van der Waals surface area contributed by atoms with Crippen LogP contribution in [-0.2, 0) is 18.9 Å². The third-order valence-electron chi connectivity index (χ3n) is 7.75. The number of rotatable bonds is 27. The van der Waals surface area contributed by atoms with Crippen LogP contribution in [0, 0.1) is 0 Å². The van der Waals surface area contributed by atoms with Gasteiger partial charge in [-0.1, -0.05) is 129 Å². The van der Waals surface area contributed by atoms with Gasteiger partial charge in [0, 0.05) is 19.8 Å². The fraction of sp³-hybridized carbons (Fsp3) is 1.00. The van der Waals surface area contributed by atoms with Gasteiger partial charge < -0.3 is 29.2 Å². The number of aliphatic hydroxyl groups is 2. The highest BCUT2D eigenvalue weighted by Gasteiger charge is 2.47. The minimum absolute atomic E-state index is 0.270. The van der Waals surface area contributed by atoms with E-state index in [4.69, 9.17) is 18.9 Å². The molecule has 0 aromatic rings. The summed E-state index contributed by atoms with van der Waals surface area (Å²) in [5.41, 5.74) is 0. The topological polar surface area (TPSA) is 77.4 Å². The highest BCUT2D eigenvalue weighted by molar-refractivity contribution is 4.91. The zero-order chi connectivity index (χ0) is 27.7. The van der Waals surface area contributed by atoms with E-state index in [0.717, 1.165) is 25.7 Å². The van der Waals surface area contributed by atoms with Gasteiger partial charge in [-0.15, -0.1) is 0 Å². The molecule has 0 spiro atoms. The second kappa shape index (κ2) is 25.7. The first-order chi connectivity index (χ1) is 18.7. The quantitative estimate of drug-likeness (QED) is 0.103. The molecule has 0 radical (unpaired) electrons. The Morgan fingerprint density at radius 2 is 0.921 bits per heavy atom. The molecule has 1 aliphatic heterocycles. The first-order valence-corrected chi connectivity index (χ1v) is 16.5. The molecular weight excluding hydrogens is 480 g/mol. The molecule has 1 fully saturated rings. The Kier molecular flexibility index (Phi) is 24.2. The van der Waals surface area contributed by atoms with Crippen molar-refractivity contribution in [2.24, 2.45) is 0 Å². The maximum absolute atomic E-state index is 10.9. The molecule has 38 heavy (non-hydrogen) atoms. The van der Waals surface area contributed by atoms with Crippen molar-refractivity contribution in [3.63, 3.8) is 0 Å². The summed E-state index contributed by atoms with van der Waals surface area (Å²) in [5.74, 6) is 0. The van der Waals surface area contributed by atoms with E-state index in [2.05, 4.69) is 13.8 Å². The maximum Gasteiger partial charge on any atom is 0.186 e. The Hall–Kier alpha value is -0.240. The molecule has 1 saturated heterocycles. The molecule has 0 unspecified atom stereocenters. The summed E-state index contributed by atoms with van der Waals surface area (Å²) in [4.78, 5) is 0. The lowest BCUT2D eigenvalue weighted by molar-refractivity contribution is -0.315. The van der Waals surface area contributed by atoms with E-state index in [1.165, 1.54) is 103 Å². The molecule has 0 aromatic heterocycles. The van der Waals surface area contributed by atoms with Crippen LogP contribution < -0.4 is 0 Å². The van der Waals surface area contributed by atoms with Gasteiger partial charge in [-0.05, 0) is 19.8 Å². The van der Waals surface area contributed by atoms with E-state index in [0.29, 0.717) is 19.8 Å². The second-order valence-electron chi connectivity index (χ2n) is 11.2. The normalized spacial score (nSPS) is 23.8. The molecule has 1 rings (SSSR count). The van der Waals surface area contributed by atoms with Crippen LogP contribution in [0.4, 0.5) is 0 Å². The molecule has 6 heteroatoms. The van der Waals surface area contributed by atoms with Gasteiger partial charge >= 0.3 is 0 Å². The van der Waals surface area contributed by atoms with Gasteiger partial charge in [0.05, 0.1) is 6.61 Å². The summed E-state index contributed by atoms with van der Waals surface area (Å²) in [7, 11) is 0. The average molecular weight is 545 g/mol. The highest BCUT2D eigenvalue weighted by atomic mass is 16.7. The Bertz CT molecular complexity index is 465.